The van der Waals surface area contributed by atoms with Crippen molar-refractivity contribution < 1.29 is 4.79 Å². The second kappa shape index (κ2) is 9.99. The zero-order valence-corrected chi connectivity index (χ0v) is 20.4. The fourth-order valence-corrected chi connectivity index (χ4v) is 5.88. The summed E-state index contributed by atoms with van der Waals surface area (Å²) >= 11 is 0. The van der Waals surface area contributed by atoms with Crippen LogP contribution in [0.4, 0.5) is 0 Å². The quantitative estimate of drug-likeness (QED) is 0.653. The Hall–Kier alpha value is -2.17. The van der Waals surface area contributed by atoms with Crippen molar-refractivity contribution in [2.75, 3.05) is 39.3 Å². The average molecular weight is 446 g/mol. The minimum atomic E-state index is 0.311. The molecule has 0 N–H and O–H groups in total. The van der Waals surface area contributed by atoms with Crippen LogP contribution >= 0.6 is 0 Å². The molecule has 4 nitrogen and oxygen atoms in total. The van der Waals surface area contributed by atoms with Crippen molar-refractivity contribution in [2.24, 2.45) is 0 Å². The van der Waals surface area contributed by atoms with Gasteiger partial charge in [0.1, 0.15) is 0 Å². The third-order valence-corrected chi connectivity index (χ3v) is 8.08. The number of rotatable bonds is 5. The van der Waals surface area contributed by atoms with Gasteiger partial charge in [0.15, 0.2) is 0 Å². The third-order valence-electron chi connectivity index (χ3n) is 8.08. The van der Waals surface area contributed by atoms with Crippen LogP contribution < -0.4 is 0 Å². The van der Waals surface area contributed by atoms with E-state index in [2.05, 4.69) is 71.0 Å². The lowest BCUT2D eigenvalue weighted by Gasteiger charge is -2.39. The number of nitrogens with zero attached hydrogens (tertiary/aromatic N) is 3. The van der Waals surface area contributed by atoms with Crippen LogP contribution in [0, 0.1) is 0 Å². The van der Waals surface area contributed by atoms with Gasteiger partial charge in [-0.1, -0.05) is 69.2 Å². The molecule has 4 heteroatoms. The van der Waals surface area contributed by atoms with Gasteiger partial charge in [-0.25, -0.2) is 0 Å². The molecule has 2 aromatic rings. The monoisotopic (exact) mass is 445 g/mol. The van der Waals surface area contributed by atoms with Crippen molar-refractivity contribution in [2.45, 2.75) is 64.5 Å². The van der Waals surface area contributed by atoms with Crippen molar-refractivity contribution in [3.8, 4) is 11.1 Å². The molecule has 1 saturated carbocycles. The molecule has 0 radical (unpaired) electrons. The van der Waals surface area contributed by atoms with E-state index in [0.29, 0.717) is 18.4 Å². The maximum Gasteiger partial charge on any atom is 0.236 e. The fourth-order valence-electron chi connectivity index (χ4n) is 5.88. The summed E-state index contributed by atoms with van der Waals surface area (Å²) in [5.41, 5.74) is 6.79. The number of hydrogen-bond acceptors (Lipinski definition) is 3. The van der Waals surface area contributed by atoms with Crippen LogP contribution in [0.3, 0.4) is 0 Å². The average Bonchev–Trinajstić information content (AvgIpc) is 3.39. The lowest BCUT2D eigenvalue weighted by molar-refractivity contribution is -0.134. The Morgan fingerprint density at radius 2 is 1.58 bits per heavy atom. The molecule has 1 saturated heterocycles. The van der Waals surface area contributed by atoms with Crippen LogP contribution in [0.25, 0.3) is 11.1 Å². The molecule has 2 aliphatic heterocycles. The molecular weight excluding hydrogens is 406 g/mol. The summed E-state index contributed by atoms with van der Waals surface area (Å²) in [6.45, 7) is 10.8. The number of hydrogen-bond donors (Lipinski definition) is 0. The molecule has 0 bridgehead atoms. The Bertz CT molecular complexity index is 953. The SMILES string of the molecule is CC(C)c1ccc(-c2ccc3c(c2)CCN(CC(=O)N2CCN(C4CCCC4)CC2)C3)cc1. The van der Waals surface area contributed by atoms with E-state index < -0.39 is 0 Å². The maximum absolute atomic E-state index is 13.0. The van der Waals surface area contributed by atoms with Gasteiger partial charge in [0.2, 0.25) is 5.91 Å². The first-order valence-corrected chi connectivity index (χ1v) is 13.0. The number of carbonyl (C=O) groups excluding carboxylic acids is 1. The van der Waals surface area contributed by atoms with Crippen LogP contribution in [0.2, 0.25) is 0 Å². The Morgan fingerprint density at radius 3 is 2.27 bits per heavy atom. The lowest BCUT2D eigenvalue weighted by atomic mass is 9.93. The number of amides is 1. The highest BCUT2D eigenvalue weighted by Gasteiger charge is 2.29. The Balaban J connectivity index is 1.15. The molecule has 176 valence electrons. The lowest BCUT2D eigenvalue weighted by Crippen LogP contribution is -2.53. The largest absolute Gasteiger partial charge is 0.339 e. The van der Waals surface area contributed by atoms with Gasteiger partial charge in [-0.05, 0) is 53.0 Å². The first-order valence-electron chi connectivity index (χ1n) is 13.0. The van der Waals surface area contributed by atoms with Crippen LogP contribution in [-0.2, 0) is 17.8 Å². The van der Waals surface area contributed by atoms with Gasteiger partial charge in [-0.2, -0.15) is 0 Å². The molecule has 0 atom stereocenters. The van der Waals surface area contributed by atoms with Gasteiger partial charge < -0.3 is 4.90 Å². The molecule has 2 fully saturated rings. The number of carbonyl (C=O) groups is 1. The summed E-state index contributed by atoms with van der Waals surface area (Å²) in [6.07, 6.45) is 6.49. The first-order chi connectivity index (χ1) is 16.1. The van der Waals surface area contributed by atoms with E-state index in [0.717, 1.165) is 51.7 Å². The summed E-state index contributed by atoms with van der Waals surface area (Å²) in [5, 5.41) is 0. The summed E-state index contributed by atoms with van der Waals surface area (Å²) in [5.74, 6) is 0.874. The zero-order chi connectivity index (χ0) is 22.8. The number of piperazine rings is 1. The smallest absolute Gasteiger partial charge is 0.236 e. The van der Waals surface area contributed by atoms with E-state index in [1.54, 1.807) is 0 Å². The van der Waals surface area contributed by atoms with Crippen molar-refractivity contribution in [3.05, 3.63) is 59.2 Å². The van der Waals surface area contributed by atoms with Gasteiger partial charge >= 0.3 is 0 Å². The van der Waals surface area contributed by atoms with Crippen molar-refractivity contribution in [3.63, 3.8) is 0 Å². The number of fused-ring (bicyclic) bond motifs is 1. The highest BCUT2D eigenvalue weighted by atomic mass is 16.2. The summed E-state index contributed by atoms with van der Waals surface area (Å²) in [6, 6.07) is 16.7. The molecule has 0 spiro atoms. The second-order valence-corrected chi connectivity index (χ2v) is 10.6. The molecule has 2 heterocycles. The Morgan fingerprint density at radius 1 is 0.879 bits per heavy atom. The predicted molar refractivity (Wildman–Crippen MR) is 135 cm³/mol. The highest BCUT2D eigenvalue weighted by molar-refractivity contribution is 5.78. The van der Waals surface area contributed by atoms with Gasteiger partial charge in [0.05, 0.1) is 6.54 Å². The van der Waals surface area contributed by atoms with E-state index in [1.165, 1.54) is 53.5 Å². The predicted octanol–water partition coefficient (Wildman–Crippen LogP) is 4.92. The molecule has 2 aromatic carbocycles. The van der Waals surface area contributed by atoms with Gasteiger partial charge in [-0.15, -0.1) is 0 Å². The van der Waals surface area contributed by atoms with E-state index in [-0.39, 0.29) is 0 Å². The highest BCUT2D eigenvalue weighted by Crippen LogP contribution is 2.28. The number of benzene rings is 2. The molecule has 3 aliphatic rings. The van der Waals surface area contributed by atoms with E-state index >= 15 is 0 Å². The minimum absolute atomic E-state index is 0.311. The Labute approximate surface area is 199 Å². The second-order valence-electron chi connectivity index (χ2n) is 10.6. The molecule has 0 unspecified atom stereocenters. The zero-order valence-electron chi connectivity index (χ0n) is 20.4. The van der Waals surface area contributed by atoms with Gasteiger partial charge in [-0.3, -0.25) is 14.6 Å². The fraction of sp³-hybridized carbons (Fsp3) is 0.552. The van der Waals surface area contributed by atoms with Crippen LogP contribution in [0.5, 0.6) is 0 Å². The van der Waals surface area contributed by atoms with Crippen molar-refractivity contribution in [1.29, 1.82) is 0 Å². The van der Waals surface area contributed by atoms with E-state index in [4.69, 9.17) is 0 Å². The topological polar surface area (TPSA) is 26.8 Å². The summed E-state index contributed by atoms with van der Waals surface area (Å²) < 4.78 is 0. The summed E-state index contributed by atoms with van der Waals surface area (Å²) in [7, 11) is 0. The van der Waals surface area contributed by atoms with Gasteiger partial charge in [0.25, 0.3) is 0 Å². The maximum atomic E-state index is 13.0. The van der Waals surface area contributed by atoms with Crippen molar-refractivity contribution in [1.82, 2.24) is 14.7 Å². The third kappa shape index (κ3) is 5.17. The van der Waals surface area contributed by atoms with Crippen LogP contribution in [-0.4, -0.2) is 65.9 Å². The standard InChI is InChI=1S/C29H39N3O/c1-22(2)23-7-9-24(10-8-23)25-11-12-27-20-30(14-13-26(27)19-25)21-29(33)32-17-15-31(16-18-32)28-5-3-4-6-28/h7-12,19,22,28H,3-6,13-18,20-21H2,1-2H3. The Kier molecular flexibility index (Phi) is 6.84. The first kappa shape index (κ1) is 22.6. The molecular formula is C29H39N3O. The van der Waals surface area contributed by atoms with E-state index in [9.17, 15) is 4.79 Å². The van der Waals surface area contributed by atoms with Gasteiger partial charge in [0, 0.05) is 45.3 Å². The minimum Gasteiger partial charge on any atom is -0.339 e. The molecule has 0 aromatic heterocycles. The van der Waals surface area contributed by atoms with E-state index in [1.807, 2.05) is 0 Å². The van der Waals surface area contributed by atoms with Crippen LogP contribution in [0.1, 0.15) is 62.1 Å². The van der Waals surface area contributed by atoms with Crippen LogP contribution in [0.15, 0.2) is 42.5 Å². The molecule has 33 heavy (non-hydrogen) atoms. The normalized spacial score (nSPS) is 20.4. The molecule has 5 rings (SSSR count). The van der Waals surface area contributed by atoms with Crippen molar-refractivity contribution >= 4 is 5.91 Å². The molecule has 1 amide bonds. The molecule has 1 aliphatic carbocycles. The summed E-state index contributed by atoms with van der Waals surface area (Å²) in [4.78, 5) is 20.1.